The number of rotatable bonds is 6. The van der Waals surface area contributed by atoms with Crippen molar-refractivity contribution < 1.29 is 24.0 Å². The molecule has 3 aromatic rings. The molecule has 2 aromatic heterocycles. The molecule has 0 fully saturated rings. The summed E-state index contributed by atoms with van der Waals surface area (Å²) in [5, 5.41) is 18.3. The molecule has 8 nitrogen and oxygen atoms in total. The van der Waals surface area contributed by atoms with Crippen molar-refractivity contribution in [3.05, 3.63) is 70.1 Å². The second kappa shape index (κ2) is 8.80. The highest BCUT2D eigenvalue weighted by molar-refractivity contribution is 6.44. The Labute approximate surface area is 196 Å². The topological polar surface area (TPSA) is 91.4 Å². The van der Waals surface area contributed by atoms with E-state index in [0.29, 0.717) is 16.4 Å². The molecule has 0 unspecified atom stereocenters. The minimum Gasteiger partial charge on any atom is -0.858 e. The van der Waals surface area contributed by atoms with Gasteiger partial charge < -0.3 is 9.84 Å². The van der Waals surface area contributed by atoms with Crippen LogP contribution in [0.5, 0.6) is 5.88 Å². The summed E-state index contributed by atoms with van der Waals surface area (Å²) in [6.45, 7) is 5.76. The lowest BCUT2D eigenvalue weighted by atomic mass is 10.0. The van der Waals surface area contributed by atoms with E-state index in [-0.39, 0.29) is 30.0 Å². The number of carbonyl (C=O) groups excluding carboxylic acids is 2. The zero-order valence-corrected chi connectivity index (χ0v) is 19.5. The smallest absolute Gasteiger partial charge is 0.326 e. The summed E-state index contributed by atoms with van der Waals surface area (Å²) in [4.78, 5) is 27.9. The largest absolute Gasteiger partial charge is 0.858 e. The van der Waals surface area contributed by atoms with Gasteiger partial charge in [0.1, 0.15) is 5.57 Å². The molecule has 0 saturated heterocycles. The van der Waals surface area contributed by atoms with Crippen molar-refractivity contribution in [2.24, 2.45) is 0 Å². The summed E-state index contributed by atoms with van der Waals surface area (Å²) in [6.07, 6.45) is 3.49. The van der Waals surface area contributed by atoms with Crippen LogP contribution in [0.3, 0.4) is 0 Å². The summed E-state index contributed by atoms with van der Waals surface area (Å²) in [7, 11) is 1.49. The second-order valence-corrected chi connectivity index (χ2v) is 8.29. The fourth-order valence-electron chi connectivity index (χ4n) is 3.81. The number of ether oxygens (including phenoxy) is 1. The quantitative estimate of drug-likeness (QED) is 0.410. The molecule has 3 heterocycles. The SMILES string of the molecule is COCCN1C(=O)C(c2c(C)nn(-c3cccc(Cl)c3)c2[O-])=C([n+]2ccc(C)c(C)c2)C1=O. The number of amides is 2. The van der Waals surface area contributed by atoms with E-state index < -0.39 is 17.7 Å². The Bertz CT molecular complexity index is 1310. The summed E-state index contributed by atoms with van der Waals surface area (Å²) < 4.78 is 7.87. The van der Waals surface area contributed by atoms with Crippen LogP contribution in [0.2, 0.25) is 5.02 Å². The third-order valence-corrected chi connectivity index (χ3v) is 5.92. The number of halogens is 1. The predicted octanol–water partition coefficient (Wildman–Crippen LogP) is 2.20. The van der Waals surface area contributed by atoms with Gasteiger partial charge in [-0.05, 0) is 50.4 Å². The maximum Gasteiger partial charge on any atom is 0.326 e. The van der Waals surface area contributed by atoms with Crippen LogP contribution < -0.4 is 9.67 Å². The highest BCUT2D eigenvalue weighted by Gasteiger charge is 2.46. The Hall–Kier alpha value is -3.49. The monoisotopic (exact) mass is 466 g/mol. The molecule has 0 saturated carbocycles. The molecule has 9 heteroatoms. The van der Waals surface area contributed by atoms with E-state index in [1.807, 2.05) is 19.9 Å². The van der Waals surface area contributed by atoms with Crippen LogP contribution in [0.25, 0.3) is 17.0 Å². The van der Waals surface area contributed by atoms with Crippen LogP contribution in [0.1, 0.15) is 22.4 Å². The summed E-state index contributed by atoms with van der Waals surface area (Å²) in [6, 6.07) is 8.56. The van der Waals surface area contributed by atoms with Gasteiger partial charge in [0.25, 0.3) is 11.6 Å². The third kappa shape index (κ3) is 3.92. The minimum atomic E-state index is -0.552. The van der Waals surface area contributed by atoms with Gasteiger partial charge in [0.2, 0.25) is 0 Å². The molecule has 33 heavy (non-hydrogen) atoms. The minimum absolute atomic E-state index is 0.0279. The number of benzene rings is 1. The van der Waals surface area contributed by atoms with E-state index in [1.165, 1.54) is 11.8 Å². The zero-order chi connectivity index (χ0) is 23.9. The maximum atomic E-state index is 13.5. The average molecular weight is 467 g/mol. The van der Waals surface area contributed by atoms with Crippen LogP contribution in [0, 0.1) is 20.8 Å². The van der Waals surface area contributed by atoms with E-state index in [2.05, 4.69) is 5.10 Å². The van der Waals surface area contributed by atoms with Crippen molar-refractivity contribution in [2.75, 3.05) is 20.3 Å². The number of nitrogens with zero attached hydrogens (tertiary/aromatic N) is 4. The third-order valence-electron chi connectivity index (χ3n) is 5.68. The number of pyridine rings is 1. The number of hydrogen-bond acceptors (Lipinski definition) is 5. The Morgan fingerprint density at radius 1 is 1.12 bits per heavy atom. The Morgan fingerprint density at radius 3 is 2.55 bits per heavy atom. The molecule has 1 aliphatic heterocycles. The van der Waals surface area contributed by atoms with E-state index in [9.17, 15) is 14.7 Å². The number of imide groups is 1. The molecule has 0 spiro atoms. The number of aryl methyl sites for hydroxylation is 3. The van der Waals surface area contributed by atoms with Crippen LogP contribution in [0.15, 0.2) is 42.7 Å². The first kappa shape index (κ1) is 22.7. The van der Waals surface area contributed by atoms with Crippen molar-refractivity contribution in [1.82, 2.24) is 14.7 Å². The van der Waals surface area contributed by atoms with E-state index in [1.54, 1.807) is 48.1 Å². The highest BCUT2D eigenvalue weighted by Crippen LogP contribution is 2.36. The zero-order valence-electron chi connectivity index (χ0n) is 18.8. The fraction of sp³-hybridized carbons (Fsp3) is 0.250. The first-order chi connectivity index (χ1) is 15.7. The van der Waals surface area contributed by atoms with Crippen molar-refractivity contribution in [2.45, 2.75) is 20.8 Å². The molecule has 4 rings (SSSR count). The molecule has 0 bridgehead atoms. The first-order valence-corrected chi connectivity index (χ1v) is 10.7. The number of aromatic nitrogens is 3. The van der Waals surface area contributed by atoms with Gasteiger partial charge in [-0.3, -0.25) is 14.5 Å². The summed E-state index contributed by atoms with van der Waals surface area (Å²) >= 11 is 6.09. The van der Waals surface area contributed by atoms with Gasteiger partial charge in [-0.1, -0.05) is 17.7 Å². The van der Waals surface area contributed by atoms with Crippen LogP contribution in [0.4, 0.5) is 0 Å². The lowest BCUT2D eigenvalue weighted by Gasteiger charge is -2.15. The van der Waals surface area contributed by atoms with Gasteiger partial charge >= 0.3 is 5.91 Å². The lowest BCUT2D eigenvalue weighted by Crippen LogP contribution is -2.41. The Kier molecular flexibility index (Phi) is 6.05. The summed E-state index contributed by atoms with van der Waals surface area (Å²) in [5.74, 6) is -1.54. The van der Waals surface area contributed by atoms with Crippen molar-refractivity contribution >= 4 is 34.7 Å². The van der Waals surface area contributed by atoms with Gasteiger partial charge in [-0.2, -0.15) is 9.67 Å². The maximum absolute atomic E-state index is 13.5. The molecule has 1 aromatic carbocycles. The Balaban J connectivity index is 1.95. The van der Waals surface area contributed by atoms with Gasteiger partial charge in [0.05, 0.1) is 24.5 Å². The highest BCUT2D eigenvalue weighted by atomic mass is 35.5. The molecular weight excluding hydrogens is 444 g/mol. The van der Waals surface area contributed by atoms with Gasteiger partial charge in [0.15, 0.2) is 12.4 Å². The van der Waals surface area contributed by atoms with E-state index in [0.717, 1.165) is 16.0 Å². The molecular formula is C24H23ClN4O4. The van der Waals surface area contributed by atoms with Crippen molar-refractivity contribution in [1.29, 1.82) is 0 Å². The Morgan fingerprint density at radius 2 is 1.88 bits per heavy atom. The molecule has 1 aliphatic rings. The van der Waals surface area contributed by atoms with E-state index in [4.69, 9.17) is 16.3 Å². The number of hydrogen-bond donors (Lipinski definition) is 0. The molecule has 2 amide bonds. The predicted molar refractivity (Wildman–Crippen MR) is 121 cm³/mol. The second-order valence-electron chi connectivity index (χ2n) is 7.85. The van der Waals surface area contributed by atoms with Crippen molar-refractivity contribution in [3.8, 4) is 11.6 Å². The van der Waals surface area contributed by atoms with Crippen LogP contribution in [-0.2, 0) is 14.3 Å². The standard InChI is InChI=1S/C24H23ClN4O4/c1-14-8-9-27(13-15(14)2)21-20(22(30)28(24(21)32)10-11-33-4)19-16(3)26-29(23(19)31)18-7-5-6-17(25)12-18/h5-9,12-13H,10-11H2,1-4H3. The fourth-order valence-corrected chi connectivity index (χ4v) is 3.99. The normalized spacial score (nSPS) is 14.0. The van der Waals surface area contributed by atoms with Crippen LogP contribution in [-0.4, -0.2) is 46.8 Å². The number of methoxy groups -OCH3 is 1. The van der Waals surface area contributed by atoms with Gasteiger partial charge in [0, 0.05) is 29.3 Å². The summed E-state index contributed by atoms with van der Waals surface area (Å²) in [5.41, 5.74) is 3.02. The lowest BCUT2D eigenvalue weighted by molar-refractivity contribution is -0.577. The number of carbonyl (C=O) groups is 2. The van der Waals surface area contributed by atoms with Gasteiger partial charge in [-0.15, -0.1) is 0 Å². The van der Waals surface area contributed by atoms with E-state index >= 15 is 0 Å². The van der Waals surface area contributed by atoms with Crippen molar-refractivity contribution in [3.63, 3.8) is 0 Å². The van der Waals surface area contributed by atoms with Crippen LogP contribution >= 0.6 is 11.6 Å². The molecule has 0 atom stereocenters. The first-order valence-electron chi connectivity index (χ1n) is 10.4. The van der Waals surface area contributed by atoms with Gasteiger partial charge in [-0.25, -0.2) is 4.68 Å². The molecule has 0 N–H and O–H groups in total. The average Bonchev–Trinajstić information content (AvgIpc) is 3.20. The molecule has 170 valence electrons. The molecule has 0 radical (unpaired) electrons. The molecule has 0 aliphatic carbocycles.